The van der Waals surface area contributed by atoms with Gasteiger partial charge in [0.25, 0.3) is 0 Å². The van der Waals surface area contributed by atoms with Gasteiger partial charge in [-0.3, -0.25) is 4.79 Å². The Hall–Kier alpha value is -1.69. The van der Waals surface area contributed by atoms with Crippen LogP contribution in [0.2, 0.25) is 0 Å². The van der Waals surface area contributed by atoms with Gasteiger partial charge in [0.05, 0.1) is 0 Å². The Morgan fingerprint density at radius 2 is 2.16 bits per heavy atom. The minimum absolute atomic E-state index is 0.0209. The summed E-state index contributed by atoms with van der Waals surface area (Å²) in [6.45, 7) is 1.77. The van der Waals surface area contributed by atoms with Crippen LogP contribution in [-0.2, 0) is 4.79 Å². The van der Waals surface area contributed by atoms with E-state index in [1.807, 2.05) is 13.8 Å². The lowest BCUT2D eigenvalue weighted by Gasteiger charge is -2.12. The van der Waals surface area contributed by atoms with Crippen LogP contribution in [0.4, 0.5) is 14.5 Å². The van der Waals surface area contributed by atoms with Gasteiger partial charge in [0, 0.05) is 24.2 Å². The molecule has 0 fully saturated rings. The lowest BCUT2D eigenvalue weighted by Crippen LogP contribution is -2.30. The van der Waals surface area contributed by atoms with Crippen LogP contribution in [0, 0.1) is 0 Å². The fourth-order valence-corrected chi connectivity index (χ4v) is 1.66. The molecule has 6 heteroatoms. The highest BCUT2D eigenvalue weighted by Gasteiger charge is 2.09. The second kappa shape index (κ2) is 7.68. The molecule has 0 radical (unpaired) electrons. The molecule has 106 valence electrons. The Kier molecular flexibility index (Phi) is 6.21. The van der Waals surface area contributed by atoms with E-state index in [4.69, 9.17) is 0 Å². The standard InChI is InChI=1S/C13H18F2N2O2/c1-3-16-9(2)7-12(18)17-10-5-4-6-11(8-10)19-13(14)15/h4-6,8-9,13,16H,3,7H2,1-2H3,(H,17,18). The summed E-state index contributed by atoms with van der Waals surface area (Å²) in [4.78, 5) is 11.7. The van der Waals surface area contributed by atoms with Crippen molar-refractivity contribution in [3.63, 3.8) is 0 Å². The maximum Gasteiger partial charge on any atom is 0.387 e. The summed E-state index contributed by atoms with van der Waals surface area (Å²) >= 11 is 0. The molecule has 0 aliphatic rings. The molecule has 1 aromatic rings. The molecule has 4 nitrogen and oxygen atoms in total. The van der Waals surface area contributed by atoms with Crippen molar-refractivity contribution in [1.29, 1.82) is 0 Å². The summed E-state index contributed by atoms with van der Waals surface area (Å²) in [6.07, 6.45) is 0.313. The first-order valence-corrected chi connectivity index (χ1v) is 6.09. The molecule has 19 heavy (non-hydrogen) atoms. The number of benzene rings is 1. The first-order chi connectivity index (χ1) is 9.01. The van der Waals surface area contributed by atoms with Crippen molar-refractivity contribution in [2.24, 2.45) is 0 Å². The van der Waals surface area contributed by atoms with E-state index in [2.05, 4.69) is 15.4 Å². The summed E-state index contributed by atoms with van der Waals surface area (Å²) < 4.78 is 28.4. The molecule has 0 saturated carbocycles. The molecule has 0 aliphatic heterocycles. The quantitative estimate of drug-likeness (QED) is 0.802. The molecule has 0 saturated heterocycles. The largest absolute Gasteiger partial charge is 0.435 e. The number of carbonyl (C=O) groups is 1. The fraction of sp³-hybridized carbons (Fsp3) is 0.462. The molecule has 2 N–H and O–H groups in total. The van der Waals surface area contributed by atoms with Gasteiger partial charge in [-0.25, -0.2) is 0 Å². The maximum atomic E-state index is 12.1. The molecule has 0 heterocycles. The molecular formula is C13H18F2N2O2. The first-order valence-electron chi connectivity index (χ1n) is 6.09. The highest BCUT2D eigenvalue weighted by molar-refractivity contribution is 5.91. The monoisotopic (exact) mass is 272 g/mol. The smallest absolute Gasteiger partial charge is 0.387 e. The average Bonchev–Trinajstić information content (AvgIpc) is 2.28. The van der Waals surface area contributed by atoms with Crippen LogP contribution < -0.4 is 15.4 Å². The predicted octanol–water partition coefficient (Wildman–Crippen LogP) is 2.61. The Balaban J connectivity index is 2.54. The van der Waals surface area contributed by atoms with Crippen molar-refractivity contribution in [3.05, 3.63) is 24.3 Å². The third-order valence-electron chi connectivity index (χ3n) is 2.39. The number of anilines is 1. The van der Waals surface area contributed by atoms with Crippen LogP contribution in [0.5, 0.6) is 5.75 Å². The van der Waals surface area contributed by atoms with Crippen LogP contribution in [0.3, 0.4) is 0 Å². The molecule has 0 spiro atoms. The normalized spacial score (nSPS) is 12.3. The van der Waals surface area contributed by atoms with Crippen molar-refractivity contribution in [2.45, 2.75) is 32.9 Å². The summed E-state index contributed by atoms with van der Waals surface area (Å²) in [7, 11) is 0. The molecule has 1 rings (SSSR count). The second-order valence-corrected chi connectivity index (χ2v) is 4.12. The van der Waals surface area contributed by atoms with Gasteiger partial charge in [-0.1, -0.05) is 13.0 Å². The summed E-state index contributed by atoms with van der Waals surface area (Å²) in [5, 5.41) is 5.76. The van der Waals surface area contributed by atoms with Gasteiger partial charge in [0.15, 0.2) is 0 Å². The van der Waals surface area contributed by atoms with Gasteiger partial charge in [-0.2, -0.15) is 8.78 Å². The number of nitrogens with one attached hydrogen (secondary N) is 2. The zero-order chi connectivity index (χ0) is 14.3. The van der Waals surface area contributed by atoms with Gasteiger partial charge in [-0.15, -0.1) is 0 Å². The van der Waals surface area contributed by atoms with E-state index in [9.17, 15) is 13.6 Å². The Labute approximate surface area is 111 Å². The third kappa shape index (κ3) is 6.15. The number of rotatable bonds is 7. The summed E-state index contributed by atoms with van der Waals surface area (Å²) in [5.74, 6) is -0.157. The van der Waals surface area contributed by atoms with Gasteiger partial charge in [-0.05, 0) is 25.6 Å². The van der Waals surface area contributed by atoms with E-state index < -0.39 is 6.61 Å². The van der Waals surface area contributed by atoms with Crippen molar-refractivity contribution in [3.8, 4) is 5.75 Å². The average molecular weight is 272 g/mol. The highest BCUT2D eigenvalue weighted by atomic mass is 19.3. The topological polar surface area (TPSA) is 50.4 Å². The van der Waals surface area contributed by atoms with Gasteiger partial charge in [0.1, 0.15) is 5.75 Å². The van der Waals surface area contributed by atoms with Gasteiger partial charge < -0.3 is 15.4 Å². The van der Waals surface area contributed by atoms with Gasteiger partial charge in [0.2, 0.25) is 5.91 Å². The first kappa shape index (κ1) is 15.4. The molecular weight excluding hydrogens is 254 g/mol. The van der Waals surface area contributed by atoms with E-state index in [-0.39, 0.29) is 17.7 Å². The Morgan fingerprint density at radius 1 is 1.42 bits per heavy atom. The summed E-state index contributed by atoms with van der Waals surface area (Å²) in [5.41, 5.74) is 0.437. The van der Waals surface area contributed by atoms with E-state index in [1.54, 1.807) is 12.1 Å². The number of ether oxygens (including phenoxy) is 1. The van der Waals surface area contributed by atoms with Crippen LogP contribution in [-0.4, -0.2) is 25.1 Å². The zero-order valence-corrected chi connectivity index (χ0v) is 11.0. The SMILES string of the molecule is CCNC(C)CC(=O)Nc1cccc(OC(F)F)c1. The third-order valence-corrected chi connectivity index (χ3v) is 2.39. The predicted molar refractivity (Wildman–Crippen MR) is 69.5 cm³/mol. The van der Waals surface area contributed by atoms with Crippen LogP contribution in [0.15, 0.2) is 24.3 Å². The molecule has 1 amide bonds. The van der Waals surface area contributed by atoms with Crippen molar-refractivity contribution in [1.82, 2.24) is 5.32 Å². The number of hydrogen-bond donors (Lipinski definition) is 2. The van der Waals surface area contributed by atoms with Crippen LogP contribution >= 0.6 is 0 Å². The van der Waals surface area contributed by atoms with Crippen molar-refractivity contribution < 1.29 is 18.3 Å². The minimum Gasteiger partial charge on any atom is -0.435 e. The zero-order valence-electron chi connectivity index (χ0n) is 11.0. The summed E-state index contributed by atoms with van der Waals surface area (Å²) in [6, 6.07) is 5.99. The minimum atomic E-state index is -2.88. The Morgan fingerprint density at radius 3 is 2.79 bits per heavy atom. The van der Waals surface area contributed by atoms with Crippen LogP contribution in [0.25, 0.3) is 0 Å². The number of halogens is 2. The van der Waals surface area contributed by atoms with Crippen molar-refractivity contribution in [2.75, 3.05) is 11.9 Å². The van der Waals surface area contributed by atoms with E-state index in [0.717, 1.165) is 6.54 Å². The number of amides is 1. The molecule has 0 aliphatic carbocycles. The van der Waals surface area contributed by atoms with Gasteiger partial charge >= 0.3 is 6.61 Å². The molecule has 1 unspecified atom stereocenters. The Bertz CT molecular complexity index is 413. The van der Waals surface area contributed by atoms with E-state index >= 15 is 0 Å². The number of hydrogen-bond acceptors (Lipinski definition) is 3. The second-order valence-electron chi connectivity index (χ2n) is 4.12. The van der Waals surface area contributed by atoms with Crippen LogP contribution in [0.1, 0.15) is 20.3 Å². The lowest BCUT2D eigenvalue weighted by molar-refractivity contribution is -0.116. The van der Waals surface area contributed by atoms with E-state index in [1.165, 1.54) is 12.1 Å². The highest BCUT2D eigenvalue weighted by Crippen LogP contribution is 2.19. The maximum absolute atomic E-state index is 12.1. The molecule has 1 aromatic carbocycles. The lowest BCUT2D eigenvalue weighted by atomic mass is 10.2. The van der Waals surface area contributed by atoms with E-state index in [0.29, 0.717) is 12.1 Å². The molecule has 0 bridgehead atoms. The fourth-order valence-electron chi connectivity index (χ4n) is 1.66. The number of carbonyl (C=O) groups excluding carboxylic acids is 1. The molecule has 0 aromatic heterocycles. The van der Waals surface area contributed by atoms with Crippen molar-refractivity contribution >= 4 is 11.6 Å². The molecule has 1 atom stereocenters. The number of alkyl halides is 2.